The molecular weight excluding hydrogens is 388 g/mol. The normalized spacial score (nSPS) is 10.3. The number of hydrogen-bond acceptors (Lipinski definition) is 3. The Balaban J connectivity index is 1.32. The Hall–Kier alpha value is -3.80. The predicted octanol–water partition coefficient (Wildman–Crippen LogP) is 3.17. The van der Waals surface area contributed by atoms with Crippen molar-refractivity contribution >= 4 is 17.6 Å². The largest absolute Gasteiger partial charge is 0.399 e. The van der Waals surface area contributed by atoms with Crippen LogP contribution in [0.2, 0.25) is 0 Å². The molecule has 3 rings (SSSR count). The van der Waals surface area contributed by atoms with E-state index in [1.165, 1.54) is 11.1 Å². The Morgan fingerprint density at radius 2 is 1.13 bits per heavy atom. The summed E-state index contributed by atoms with van der Waals surface area (Å²) in [5.74, 6) is -0.240. The number of urea groups is 1. The molecule has 160 valence electrons. The molecule has 0 saturated carbocycles. The van der Waals surface area contributed by atoms with Crippen molar-refractivity contribution in [2.24, 2.45) is 0 Å². The molecule has 0 aromatic heterocycles. The van der Waals surface area contributed by atoms with Crippen LogP contribution in [0.3, 0.4) is 0 Å². The van der Waals surface area contributed by atoms with Crippen LogP contribution in [0.4, 0.5) is 10.5 Å². The molecule has 0 radical (unpaired) electrons. The van der Waals surface area contributed by atoms with Crippen molar-refractivity contribution < 1.29 is 9.59 Å². The highest BCUT2D eigenvalue weighted by Crippen LogP contribution is 2.09. The molecule has 0 bridgehead atoms. The first-order chi connectivity index (χ1) is 15.1. The lowest BCUT2D eigenvalue weighted by molar-refractivity contribution is -0.120. The number of rotatable bonds is 9. The fourth-order valence-corrected chi connectivity index (χ4v) is 3.06. The van der Waals surface area contributed by atoms with Crippen molar-refractivity contribution in [3.63, 3.8) is 0 Å². The highest BCUT2D eigenvalue weighted by molar-refractivity contribution is 5.83. The van der Waals surface area contributed by atoms with E-state index in [1.807, 2.05) is 30.3 Å². The van der Waals surface area contributed by atoms with E-state index in [2.05, 4.69) is 52.3 Å². The van der Waals surface area contributed by atoms with Gasteiger partial charge in [0.1, 0.15) is 0 Å². The van der Waals surface area contributed by atoms with Crippen LogP contribution in [0.5, 0.6) is 0 Å². The molecule has 0 fully saturated rings. The number of aryl methyl sites for hydroxylation is 2. The molecule has 0 atom stereocenters. The third-order valence-electron chi connectivity index (χ3n) is 4.90. The molecule has 6 nitrogen and oxygen atoms in total. The van der Waals surface area contributed by atoms with E-state index in [-0.39, 0.29) is 12.5 Å². The number of anilines is 1. The summed E-state index contributed by atoms with van der Waals surface area (Å²) in [6.45, 7) is 0.708. The lowest BCUT2D eigenvalue weighted by atomic mass is 10.0. The lowest BCUT2D eigenvalue weighted by Crippen LogP contribution is -2.41. The fraction of sp³-hybridized carbons (Fsp3) is 0.200. The van der Waals surface area contributed by atoms with E-state index >= 15 is 0 Å². The first kappa shape index (κ1) is 21.9. The Morgan fingerprint density at radius 3 is 1.77 bits per heavy atom. The number of hydrogen-bond donors (Lipinski definition) is 4. The summed E-state index contributed by atoms with van der Waals surface area (Å²) >= 11 is 0. The maximum atomic E-state index is 12.0. The molecule has 5 N–H and O–H groups in total. The smallest absolute Gasteiger partial charge is 0.315 e. The Bertz CT molecular complexity index is 971. The zero-order chi connectivity index (χ0) is 21.9. The minimum atomic E-state index is -0.394. The van der Waals surface area contributed by atoms with Gasteiger partial charge in [-0.05, 0) is 47.2 Å². The van der Waals surface area contributed by atoms with Crippen LogP contribution in [0.1, 0.15) is 22.3 Å². The van der Waals surface area contributed by atoms with Crippen molar-refractivity contribution in [2.75, 3.05) is 12.3 Å². The standard InChI is InChI=1S/C25H28N4O2/c26-23-14-12-22(13-15-23)17-28-25(31)29-18-24(30)27-16-21-10-8-20(9-11-21)7-6-19-4-2-1-3-5-19/h1-5,8-15H,6-7,16-18,26H2,(H,27,30)(H2,28,29,31). The van der Waals surface area contributed by atoms with Gasteiger partial charge in [0.05, 0.1) is 6.54 Å². The summed E-state index contributed by atoms with van der Waals surface area (Å²) < 4.78 is 0. The van der Waals surface area contributed by atoms with E-state index in [0.717, 1.165) is 24.0 Å². The van der Waals surface area contributed by atoms with Gasteiger partial charge in [-0.15, -0.1) is 0 Å². The van der Waals surface area contributed by atoms with Crippen molar-refractivity contribution in [1.82, 2.24) is 16.0 Å². The van der Waals surface area contributed by atoms with Gasteiger partial charge in [-0.2, -0.15) is 0 Å². The third kappa shape index (κ3) is 7.85. The van der Waals surface area contributed by atoms with Crippen LogP contribution < -0.4 is 21.7 Å². The molecule has 3 amide bonds. The van der Waals surface area contributed by atoms with Crippen LogP contribution in [-0.4, -0.2) is 18.5 Å². The Morgan fingerprint density at radius 1 is 0.613 bits per heavy atom. The first-order valence-corrected chi connectivity index (χ1v) is 10.3. The van der Waals surface area contributed by atoms with Gasteiger partial charge < -0.3 is 21.7 Å². The van der Waals surface area contributed by atoms with Crippen molar-refractivity contribution in [1.29, 1.82) is 0 Å². The average molecular weight is 417 g/mol. The molecule has 0 spiro atoms. The second-order valence-corrected chi connectivity index (χ2v) is 7.36. The van der Waals surface area contributed by atoms with Crippen molar-refractivity contribution in [3.05, 3.63) is 101 Å². The van der Waals surface area contributed by atoms with E-state index in [1.54, 1.807) is 12.1 Å². The Labute approximate surface area is 182 Å². The molecule has 0 saturated heterocycles. The number of carbonyl (C=O) groups is 2. The molecule has 31 heavy (non-hydrogen) atoms. The first-order valence-electron chi connectivity index (χ1n) is 10.3. The second kappa shape index (κ2) is 11.4. The summed E-state index contributed by atoms with van der Waals surface area (Å²) in [4.78, 5) is 23.8. The quantitative estimate of drug-likeness (QED) is 0.404. The van der Waals surface area contributed by atoms with E-state index in [9.17, 15) is 9.59 Å². The highest BCUT2D eigenvalue weighted by Gasteiger charge is 2.05. The van der Waals surface area contributed by atoms with Gasteiger partial charge in [0.25, 0.3) is 0 Å². The van der Waals surface area contributed by atoms with E-state index in [0.29, 0.717) is 18.8 Å². The Kier molecular flexibility index (Phi) is 8.05. The topological polar surface area (TPSA) is 96.2 Å². The van der Waals surface area contributed by atoms with Gasteiger partial charge >= 0.3 is 6.03 Å². The SMILES string of the molecule is Nc1ccc(CNC(=O)NCC(=O)NCc2ccc(CCc3ccccc3)cc2)cc1. The number of benzene rings is 3. The van der Waals surface area contributed by atoms with E-state index < -0.39 is 6.03 Å². The van der Waals surface area contributed by atoms with Crippen LogP contribution in [-0.2, 0) is 30.7 Å². The van der Waals surface area contributed by atoms with Crippen molar-refractivity contribution in [3.8, 4) is 0 Å². The third-order valence-corrected chi connectivity index (χ3v) is 4.90. The minimum Gasteiger partial charge on any atom is -0.399 e. The molecule has 0 aliphatic carbocycles. The number of nitrogen functional groups attached to an aromatic ring is 1. The second-order valence-electron chi connectivity index (χ2n) is 7.36. The summed E-state index contributed by atoms with van der Waals surface area (Å²) in [6.07, 6.45) is 1.98. The molecule has 0 heterocycles. The number of amides is 3. The predicted molar refractivity (Wildman–Crippen MR) is 123 cm³/mol. The molecule has 0 aliphatic rings. The molecule has 3 aromatic rings. The van der Waals surface area contributed by atoms with Gasteiger partial charge in [-0.3, -0.25) is 4.79 Å². The number of nitrogens with two attached hydrogens (primary N) is 1. The van der Waals surface area contributed by atoms with E-state index in [4.69, 9.17) is 5.73 Å². The lowest BCUT2D eigenvalue weighted by Gasteiger charge is -2.09. The van der Waals surface area contributed by atoms with Crippen LogP contribution in [0.15, 0.2) is 78.9 Å². The molecule has 0 unspecified atom stereocenters. The van der Waals surface area contributed by atoms with Gasteiger partial charge in [0.15, 0.2) is 0 Å². The molecular formula is C25H28N4O2. The van der Waals surface area contributed by atoms with Gasteiger partial charge in [0, 0.05) is 18.8 Å². The van der Waals surface area contributed by atoms with Crippen LogP contribution in [0, 0.1) is 0 Å². The van der Waals surface area contributed by atoms with Gasteiger partial charge in [-0.1, -0.05) is 66.7 Å². The summed E-state index contributed by atoms with van der Waals surface area (Å²) in [5.41, 5.74) is 10.8. The molecule has 0 aliphatic heterocycles. The maximum absolute atomic E-state index is 12.0. The fourth-order valence-electron chi connectivity index (χ4n) is 3.06. The average Bonchev–Trinajstić information content (AvgIpc) is 2.81. The number of carbonyl (C=O) groups excluding carboxylic acids is 2. The maximum Gasteiger partial charge on any atom is 0.315 e. The molecule has 6 heteroatoms. The van der Waals surface area contributed by atoms with Gasteiger partial charge in [0.2, 0.25) is 5.91 Å². The van der Waals surface area contributed by atoms with Crippen LogP contribution in [0.25, 0.3) is 0 Å². The molecule has 3 aromatic carbocycles. The van der Waals surface area contributed by atoms with Crippen molar-refractivity contribution in [2.45, 2.75) is 25.9 Å². The minimum absolute atomic E-state index is 0.0806. The number of nitrogens with one attached hydrogen (secondary N) is 3. The van der Waals surface area contributed by atoms with Crippen LogP contribution >= 0.6 is 0 Å². The summed E-state index contributed by atoms with van der Waals surface area (Å²) in [5, 5.41) is 8.08. The zero-order valence-electron chi connectivity index (χ0n) is 17.4. The summed E-state index contributed by atoms with van der Waals surface area (Å²) in [6, 6.07) is 25.5. The monoisotopic (exact) mass is 416 g/mol. The zero-order valence-corrected chi connectivity index (χ0v) is 17.4. The summed E-state index contributed by atoms with van der Waals surface area (Å²) in [7, 11) is 0. The van der Waals surface area contributed by atoms with Gasteiger partial charge in [-0.25, -0.2) is 4.79 Å². The highest BCUT2D eigenvalue weighted by atomic mass is 16.2.